The Bertz CT molecular complexity index is 1130. The number of aromatic hydroxyl groups is 1. The van der Waals surface area contributed by atoms with Crippen molar-refractivity contribution < 1.29 is 9.90 Å². The maximum atomic E-state index is 12.6. The van der Waals surface area contributed by atoms with Crippen LogP contribution < -0.4 is 0 Å². The Labute approximate surface area is 176 Å². The molecule has 4 rings (SSSR count). The van der Waals surface area contributed by atoms with Gasteiger partial charge in [0.2, 0.25) is 5.88 Å². The average molecular weight is 402 g/mol. The van der Waals surface area contributed by atoms with E-state index in [0.29, 0.717) is 12.2 Å². The summed E-state index contributed by atoms with van der Waals surface area (Å²) < 4.78 is 1.71. The minimum absolute atomic E-state index is 0.00207. The quantitative estimate of drug-likeness (QED) is 0.406. The highest BCUT2D eigenvalue weighted by Crippen LogP contribution is 2.49. The van der Waals surface area contributed by atoms with Crippen LogP contribution in [0.2, 0.25) is 0 Å². The molecule has 2 atom stereocenters. The lowest BCUT2D eigenvalue weighted by Gasteiger charge is -2.19. The van der Waals surface area contributed by atoms with E-state index in [-0.39, 0.29) is 29.0 Å². The molecule has 30 heavy (non-hydrogen) atoms. The minimum atomic E-state index is -0.236. The summed E-state index contributed by atoms with van der Waals surface area (Å²) in [6.07, 6.45) is 2.49. The summed E-state index contributed by atoms with van der Waals surface area (Å²) in [6.45, 7) is 10.7. The van der Waals surface area contributed by atoms with E-state index >= 15 is 0 Å². The summed E-state index contributed by atoms with van der Waals surface area (Å²) in [5, 5.41) is 19.4. The van der Waals surface area contributed by atoms with Gasteiger partial charge in [-0.25, -0.2) is 0 Å². The van der Waals surface area contributed by atoms with E-state index in [1.54, 1.807) is 10.6 Å². The maximum absolute atomic E-state index is 12.6. The van der Waals surface area contributed by atoms with E-state index in [1.165, 1.54) is 11.1 Å². The molecule has 1 heterocycles. The number of hydrogen-bond acceptors (Lipinski definition) is 3. The molecule has 1 amide bonds. The highest BCUT2D eigenvalue weighted by atomic mass is 16.3. The van der Waals surface area contributed by atoms with Gasteiger partial charge in [0.25, 0.3) is 5.91 Å². The predicted molar refractivity (Wildman–Crippen MR) is 119 cm³/mol. The molecule has 154 valence electrons. The van der Waals surface area contributed by atoms with Crippen molar-refractivity contribution in [2.45, 2.75) is 45.1 Å². The third-order valence-electron chi connectivity index (χ3n) is 5.79. The molecular weight excluding hydrogens is 374 g/mol. The molecular formula is C25H27N3O2. The lowest BCUT2D eigenvalue weighted by Crippen LogP contribution is -2.10. The number of aromatic nitrogens is 1. The van der Waals surface area contributed by atoms with E-state index in [2.05, 4.69) is 61.8 Å². The average Bonchev–Trinajstić information content (AvgIpc) is 3.48. The Morgan fingerprint density at radius 1 is 1.20 bits per heavy atom. The van der Waals surface area contributed by atoms with Crippen LogP contribution in [0.3, 0.4) is 0 Å². The standard InChI is InChI=1S/C25H27N3O2/c1-5-14-28-21-9-7-6-8-18(21)22(24(28)30)26-27-23(29)20-15-19(20)16-10-12-17(13-11-16)25(2,3)4/h5-13,19-20,30H,1,14-15H2,2-4H3/t19-,20+/m1/s1. The van der Waals surface area contributed by atoms with Gasteiger partial charge >= 0.3 is 0 Å². The van der Waals surface area contributed by atoms with E-state index in [4.69, 9.17) is 0 Å². The number of nitrogens with zero attached hydrogens (tertiary/aromatic N) is 3. The first-order valence-corrected chi connectivity index (χ1v) is 10.3. The van der Waals surface area contributed by atoms with Gasteiger partial charge in [0.05, 0.1) is 5.52 Å². The molecule has 1 aliphatic carbocycles. The van der Waals surface area contributed by atoms with Crippen LogP contribution in [0.1, 0.15) is 44.2 Å². The van der Waals surface area contributed by atoms with Gasteiger partial charge in [-0.2, -0.15) is 0 Å². The van der Waals surface area contributed by atoms with Crippen LogP contribution in [0.15, 0.2) is 71.4 Å². The van der Waals surface area contributed by atoms with E-state index in [0.717, 1.165) is 17.3 Å². The van der Waals surface area contributed by atoms with Gasteiger partial charge in [0.1, 0.15) is 0 Å². The van der Waals surface area contributed by atoms with Crippen LogP contribution in [0, 0.1) is 5.92 Å². The largest absolute Gasteiger partial charge is 0.493 e. The summed E-state index contributed by atoms with van der Waals surface area (Å²) in [5.41, 5.74) is 3.72. The molecule has 0 bridgehead atoms. The Morgan fingerprint density at radius 3 is 2.57 bits per heavy atom. The topological polar surface area (TPSA) is 66.9 Å². The van der Waals surface area contributed by atoms with Crippen molar-refractivity contribution in [2.24, 2.45) is 16.1 Å². The number of rotatable bonds is 5. The van der Waals surface area contributed by atoms with Gasteiger partial charge in [0.15, 0.2) is 5.69 Å². The van der Waals surface area contributed by atoms with Crippen LogP contribution in [-0.2, 0) is 16.8 Å². The van der Waals surface area contributed by atoms with Crippen LogP contribution in [0.5, 0.6) is 5.88 Å². The van der Waals surface area contributed by atoms with Gasteiger partial charge in [-0.15, -0.1) is 16.8 Å². The lowest BCUT2D eigenvalue weighted by atomic mass is 9.86. The first kappa shape index (κ1) is 20.1. The first-order valence-electron chi connectivity index (χ1n) is 10.3. The number of para-hydroxylation sites is 1. The van der Waals surface area contributed by atoms with Crippen molar-refractivity contribution in [3.05, 3.63) is 72.3 Å². The fourth-order valence-corrected chi connectivity index (χ4v) is 3.92. The van der Waals surface area contributed by atoms with Crippen molar-refractivity contribution in [3.63, 3.8) is 0 Å². The van der Waals surface area contributed by atoms with Crippen LogP contribution in [0.4, 0.5) is 5.69 Å². The third-order valence-corrected chi connectivity index (χ3v) is 5.79. The second-order valence-corrected chi connectivity index (χ2v) is 8.95. The second-order valence-electron chi connectivity index (χ2n) is 8.95. The molecule has 3 aromatic rings. The maximum Gasteiger partial charge on any atom is 0.268 e. The molecule has 0 saturated heterocycles. The van der Waals surface area contributed by atoms with Crippen LogP contribution in [0.25, 0.3) is 10.9 Å². The fraction of sp³-hybridized carbons (Fsp3) is 0.320. The lowest BCUT2D eigenvalue weighted by molar-refractivity contribution is -0.119. The highest BCUT2D eigenvalue weighted by Gasteiger charge is 2.44. The highest BCUT2D eigenvalue weighted by molar-refractivity contribution is 5.95. The monoisotopic (exact) mass is 401 g/mol. The molecule has 1 aliphatic rings. The van der Waals surface area contributed by atoms with Crippen molar-refractivity contribution in [1.29, 1.82) is 0 Å². The normalized spacial score (nSPS) is 18.8. The van der Waals surface area contributed by atoms with Crippen LogP contribution >= 0.6 is 0 Å². The Balaban J connectivity index is 1.52. The van der Waals surface area contributed by atoms with Crippen LogP contribution in [-0.4, -0.2) is 15.6 Å². The molecule has 0 spiro atoms. The van der Waals surface area contributed by atoms with E-state index in [9.17, 15) is 9.90 Å². The Kier molecular flexibility index (Phi) is 5.06. The zero-order chi connectivity index (χ0) is 21.5. The number of hydrogen-bond donors (Lipinski definition) is 1. The number of azo groups is 1. The minimum Gasteiger partial charge on any atom is -0.493 e. The summed E-state index contributed by atoms with van der Waals surface area (Å²) in [7, 11) is 0. The zero-order valence-electron chi connectivity index (χ0n) is 17.7. The number of carbonyl (C=O) groups is 1. The third kappa shape index (κ3) is 3.67. The van der Waals surface area contributed by atoms with Crippen molar-refractivity contribution in [2.75, 3.05) is 0 Å². The molecule has 1 saturated carbocycles. The second kappa shape index (κ2) is 7.56. The predicted octanol–water partition coefficient (Wildman–Crippen LogP) is 6.24. The Morgan fingerprint density at radius 2 is 1.90 bits per heavy atom. The SMILES string of the molecule is C=CCn1c(O)c(N=NC(=O)[C@H]2C[C@@H]2c2ccc(C(C)(C)C)cc2)c2ccccc21. The van der Waals surface area contributed by atoms with Gasteiger partial charge in [-0.05, 0) is 34.9 Å². The molecule has 5 heteroatoms. The number of carbonyl (C=O) groups excluding carboxylic acids is 1. The molecule has 0 radical (unpaired) electrons. The summed E-state index contributed by atoms with van der Waals surface area (Å²) in [6, 6.07) is 16.1. The van der Waals surface area contributed by atoms with Gasteiger partial charge in [-0.3, -0.25) is 4.79 Å². The van der Waals surface area contributed by atoms with Crippen molar-refractivity contribution in [3.8, 4) is 5.88 Å². The van der Waals surface area contributed by atoms with Gasteiger partial charge in [-0.1, -0.05) is 69.3 Å². The molecule has 1 N–H and O–H groups in total. The first-order chi connectivity index (χ1) is 14.3. The molecule has 2 aromatic carbocycles. The smallest absolute Gasteiger partial charge is 0.268 e. The zero-order valence-corrected chi connectivity index (χ0v) is 17.7. The van der Waals surface area contributed by atoms with Crippen molar-refractivity contribution >= 4 is 22.5 Å². The van der Waals surface area contributed by atoms with Gasteiger partial charge < -0.3 is 9.67 Å². The molecule has 5 nitrogen and oxygen atoms in total. The molecule has 1 aromatic heterocycles. The summed E-state index contributed by atoms with van der Waals surface area (Å²) >= 11 is 0. The fourth-order valence-electron chi connectivity index (χ4n) is 3.92. The van der Waals surface area contributed by atoms with E-state index < -0.39 is 0 Å². The summed E-state index contributed by atoms with van der Waals surface area (Å²) in [4.78, 5) is 12.6. The number of allylic oxidation sites excluding steroid dienone is 1. The molecule has 1 fully saturated rings. The molecule has 0 unspecified atom stereocenters. The summed E-state index contributed by atoms with van der Waals surface area (Å²) in [5.74, 6) is -0.184. The molecule has 0 aliphatic heterocycles. The Hall–Kier alpha value is -3.21. The van der Waals surface area contributed by atoms with Crippen molar-refractivity contribution in [1.82, 2.24) is 4.57 Å². The number of fused-ring (bicyclic) bond motifs is 1. The number of benzene rings is 2. The van der Waals surface area contributed by atoms with E-state index in [1.807, 2.05) is 24.3 Å². The number of amides is 1. The van der Waals surface area contributed by atoms with Gasteiger partial charge in [0, 0.05) is 17.8 Å².